The third kappa shape index (κ3) is 4.19. The van der Waals surface area contributed by atoms with Crippen molar-refractivity contribution in [3.05, 3.63) is 53.1 Å². The molecule has 0 aliphatic carbocycles. The van der Waals surface area contributed by atoms with E-state index in [1.54, 1.807) is 12.1 Å². The van der Waals surface area contributed by atoms with E-state index in [0.717, 1.165) is 28.2 Å². The number of nitrogens with zero attached hydrogens (tertiary/aromatic N) is 2. The van der Waals surface area contributed by atoms with E-state index in [0.29, 0.717) is 23.3 Å². The number of thioether (sulfide) groups is 1. The molecule has 23 heavy (non-hydrogen) atoms. The molecular formula is C17H13ClN2O2S. The molecule has 0 saturated heterocycles. The lowest BCUT2D eigenvalue weighted by Gasteiger charge is -2.05. The molecule has 3 aromatic rings. The fourth-order valence-corrected chi connectivity index (χ4v) is 2.84. The van der Waals surface area contributed by atoms with Crippen LogP contribution in [0.25, 0.3) is 11.1 Å². The van der Waals surface area contributed by atoms with Crippen molar-refractivity contribution < 1.29 is 9.15 Å². The average molecular weight is 345 g/mol. The maximum absolute atomic E-state index is 8.63. The number of aromatic nitrogens is 1. The van der Waals surface area contributed by atoms with Gasteiger partial charge in [0, 0.05) is 10.8 Å². The fraction of sp³-hybridized carbons (Fsp3) is 0.176. The molecule has 1 heterocycles. The van der Waals surface area contributed by atoms with Crippen LogP contribution in [0.3, 0.4) is 0 Å². The van der Waals surface area contributed by atoms with Gasteiger partial charge in [0.15, 0.2) is 5.58 Å². The first-order valence-corrected chi connectivity index (χ1v) is 8.38. The van der Waals surface area contributed by atoms with Gasteiger partial charge in [-0.15, -0.1) is 0 Å². The number of benzene rings is 2. The molecule has 4 nitrogen and oxygen atoms in total. The molecule has 0 atom stereocenters. The second kappa shape index (κ2) is 7.40. The topological polar surface area (TPSA) is 59.0 Å². The Morgan fingerprint density at radius 3 is 2.83 bits per heavy atom. The minimum absolute atomic E-state index is 0.415. The van der Waals surface area contributed by atoms with E-state index in [1.165, 1.54) is 11.8 Å². The van der Waals surface area contributed by atoms with Crippen molar-refractivity contribution in [3.63, 3.8) is 0 Å². The predicted octanol–water partition coefficient (Wildman–Crippen LogP) is 4.72. The van der Waals surface area contributed by atoms with Crippen molar-refractivity contribution >= 4 is 34.5 Å². The normalized spacial score (nSPS) is 10.6. The van der Waals surface area contributed by atoms with E-state index < -0.39 is 0 Å². The van der Waals surface area contributed by atoms with Gasteiger partial charge in [0.05, 0.1) is 19.1 Å². The number of fused-ring (bicyclic) bond motifs is 1. The van der Waals surface area contributed by atoms with Crippen LogP contribution in [-0.2, 0) is 6.42 Å². The summed E-state index contributed by atoms with van der Waals surface area (Å²) in [7, 11) is 0. The van der Waals surface area contributed by atoms with Crippen LogP contribution in [0, 0.1) is 11.3 Å². The molecule has 0 saturated carbocycles. The van der Waals surface area contributed by atoms with Crippen LogP contribution < -0.4 is 4.74 Å². The van der Waals surface area contributed by atoms with E-state index in [4.69, 9.17) is 26.0 Å². The summed E-state index contributed by atoms with van der Waals surface area (Å²) in [5.41, 5.74) is 2.47. The molecular weight excluding hydrogens is 332 g/mol. The first kappa shape index (κ1) is 15.7. The zero-order valence-electron chi connectivity index (χ0n) is 12.2. The van der Waals surface area contributed by atoms with Crippen LogP contribution in [0.4, 0.5) is 0 Å². The number of hydrogen-bond donors (Lipinski definition) is 0. The number of oxazole rings is 1. The molecule has 0 N–H and O–H groups in total. The van der Waals surface area contributed by atoms with Crippen LogP contribution in [0.2, 0.25) is 5.02 Å². The summed E-state index contributed by atoms with van der Waals surface area (Å²) in [6, 6.07) is 15.0. The molecule has 3 rings (SSSR count). The molecule has 0 unspecified atom stereocenters. The van der Waals surface area contributed by atoms with Gasteiger partial charge < -0.3 is 9.15 Å². The Morgan fingerprint density at radius 2 is 2.04 bits per heavy atom. The number of rotatable bonds is 6. The monoisotopic (exact) mass is 344 g/mol. The van der Waals surface area contributed by atoms with E-state index in [9.17, 15) is 0 Å². The lowest BCUT2D eigenvalue weighted by molar-refractivity contribution is 0.343. The number of hydrogen-bond acceptors (Lipinski definition) is 5. The smallest absolute Gasteiger partial charge is 0.256 e. The zero-order valence-corrected chi connectivity index (χ0v) is 13.7. The number of ether oxygens (including phenoxy) is 1. The quantitative estimate of drug-likeness (QED) is 0.478. The van der Waals surface area contributed by atoms with Gasteiger partial charge in [-0.3, -0.25) is 0 Å². The van der Waals surface area contributed by atoms with Crippen LogP contribution in [0.1, 0.15) is 5.56 Å². The van der Waals surface area contributed by atoms with Gasteiger partial charge in [-0.1, -0.05) is 35.5 Å². The minimum Gasteiger partial charge on any atom is -0.493 e. The highest BCUT2D eigenvalue weighted by Crippen LogP contribution is 2.25. The lowest BCUT2D eigenvalue weighted by atomic mass is 10.2. The van der Waals surface area contributed by atoms with Crippen molar-refractivity contribution in [2.45, 2.75) is 11.6 Å². The van der Waals surface area contributed by atoms with E-state index in [1.807, 2.05) is 30.3 Å². The Labute approximate surface area is 143 Å². The van der Waals surface area contributed by atoms with Gasteiger partial charge in [-0.2, -0.15) is 5.26 Å². The second-order valence-corrected chi connectivity index (χ2v) is 6.25. The Kier molecular flexibility index (Phi) is 5.06. The van der Waals surface area contributed by atoms with Gasteiger partial charge in [0.25, 0.3) is 5.22 Å². The summed E-state index contributed by atoms with van der Waals surface area (Å²) < 4.78 is 11.3. The molecule has 0 amide bonds. The third-order valence-electron chi connectivity index (χ3n) is 3.11. The van der Waals surface area contributed by atoms with Crippen molar-refractivity contribution in [1.29, 1.82) is 5.26 Å². The van der Waals surface area contributed by atoms with E-state index in [-0.39, 0.29) is 0 Å². The summed E-state index contributed by atoms with van der Waals surface area (Å²) in [4.78, 5) is 4.38. The maximum Gasteiger partial charge on any atom is 0.256 e. The highest BCUT2D eigenvalue weighted by molar-refractivity contribution is 7.99. The summed E-state index contributed by atoms with van der Waals surface area (Å²) >= 11 is 7.42. The van der Waals surface area contributed by atoms with E-state index >= 15 is 0 Å². The average Bonchev–Trinajstić information content (AvgIpc) is 2.95. The SMILES string of the molecule is N#CCc1ccc(OCCSc2nc3cc(Cl)ccc3o2)cc1. The minimum atomic E-state index is 0.415. The van der Waals surface area contributed by atoms with Gasteiger partial charge in [0.1, 0.15) is 11.3 Å². The standard InChI is InChI=1S/C17H13ClN2O2S/c18-13-3-6-16-15(11-13)20-17(22-16)23-10-9-21-14-4-1-12(2-5-14)7-8-19/h1-6,11H,7,9-10H2. The second-order valence-electron chi connectivity index (χ2n) is 4.77. The largest absolute Gasteiger partial charge is 0.493 e. The fourth-order valence-electron chi connectivity index (χ4n) is 2.02. The molecule has 0 bridgehead atoms. The molecule has 2 aromatic carbocycles. The summed E-state index contributed by atoms with van der Waals surface area (Å²) in [5.74, 6) is 1.51. The molecule has 0 spiro atoms. The molecule has 0 aliphatic rings. The molecule has 0 radical (unpaired) electrons. The maximum atomic E-state index is 8.63. The zero-order chi connectivity index (χ0) is 16.1. The number of nitriles is 1. The van der Waals surface area contributed by atoms with Gasteiger partial charge in [-0.05, 0) is 35.9 Å². The molecule has 6 heteroatoms. The van der Waals surface area contributed by atoms with Crippen molar-refractivity contribution in [2.75, 3.05) is 12.4 Å². The Balaban J connectivity index is 1.49. The molecule has 1 aromatic heterocycles. The van der Waals surface area contributed by atoms with Crippen LogP contribution in [0.15, 0.2) is 52.1 Å². The van der Waals surface area contributed by atoms with Gasteiger partial charge >= 0.3 is 0 Å². The number of halogens is 1. The van der Waals surface area contributed by atoms with E-state index in [2.05, 4.69) is 11.1 Å². The highest BCUT2D eigenvalue weighted by Gasteiger charge is 2.06. The van der Waals surface area contributed by atoms with Crippen LogP contribution in [0.5, 0.6) is 5.75 Å². The Morgan fingerprint density at radius 1 is 1.22 bits per heavy atom. The molecule has 0 aliphatic heterocycles. The molecule has 0 fully saturated rings. The van der Waals surface area contributed by atoms with Crippen molar-refractivity contribution in [2.24, 2.45) is 0 Å². The first-order chi connectivity index (χ1) is 11.2. The Hall–Kier alpha value is -2.16. The van der Waals surface area contributed by atoms with Gasteiger partial charge in [0.2, 0.25) is 0 Å². The van der Waals surface area contributed by atoms with Crippen molar-refractivity contribution in [1.82, 2.24) is 4.98 Å². The molecule has 116 valence electrons. The third-order valence-corrected chi connectivity index (χ3v) is 4.14. The summed E-state index contributed by atoms with van der Waals surface area (Å²) in [5, 5.41) is 9.88. The summed E-state index contributed by atoms with van der Waals surface area (Å²) in [6.07, 6.45) is 0.415. The predicted molar refractivity (Wildman–Crippen MR) is 91.0 cm³/mol. The lowest BCUT2D eigenvalue weighted by Crippen LogP contribution is -2.00. The summed E-state index contributed by atoms with van der Waals surface area (Å²) in [6.45, 7) is 0.543. The van der Waals surface area contributed by atoms with Crippen LogP contribution in [-0.4, -0.2) is 17.3 Å². The highest BCUT2D eigenvalue weighted by atomic mass is 35.5. The van der Waals surface area contributed by atoms with Crippen molar-refractivity contribution in [3.8, 4) is 11.8 Å². The first-order valence-electron chi connectivity index (χ1n) is 7.02. The van der Waals surface area contributed by atoms with Crippen LogP contribution >= 0.6 is 23.4 Å². The van der Waals surface area contributed by atoms with Gasteiger partial charge in [-0.25, -0.2) is 4.98 Å². The Bertz CT molecular complexity index is 840.